The summed E-state index contributed by atoms with van der Waals surface area (Å²) in [4.78, 5) is 11.0. The molecule has 0 atom stereocenters. The number of phenols is 2. The number of aromatic hydroxyl groups is 2. The van der Waals surface area contributed by atoms with Crippen molar-refractivity contribution >= 4 is 6.16 Å². The van der Waals surface area contributed by atoms with Crippen LogP contribution in [0.4, 0.5) is 4.79 Å². The maximum Gasteiger partial charge on any atom is 1.00 e. The standard InChI is InChI=1S/2C6H6O.CH2O4.2Na/c2*7-6-4-2-1-3-5-6;2-1(3)5-4;;/h2*1-5,7H;4H,(H,2,3);;/q;;;2*+1/p-2. The molecule has 2 rings (SSSR count). The molecule has 0 saturated carbocycles. The van der Waals surface area contributed by atoms with Gasteiger partial charge in [0.25, 0.3) is 0 Å². The van der Waals surface area contributed by atoms with Crippen LogP contribution in [-0.4, -0.2) is 16.4 Å². The molecule has 2 aromatic rings. The van der Waals surface area contributed by atoms with E-state index in [1.165, 1.54) is 0 Å². The first-order valence-electron chi connectivity index (χ1n) is 5.05. The van der Waals surface area contributed by atoms with E-state index in [4.69, 9.17) is 25.4 Å². The van der Waals surface area contributed by atoms with Crippen LogP contribution in [0.5, 0.6) is 11.5 Å². The van der Waals surface area contributed by atoms with Gasteiger partial charge in [-0.2, -0.15) is 0 Å². The predicted molar refractivity (Wildman–Crippen MR) is 62.7 cm³/mol. The van der Waals surface area contributed by atoms with Gasteiger partial charge in [0.2, 0.25) is 6.16 Å². The summed E-state index contributed by atoms with van der Waals surface area (Å²) in [5.41, 5.74) is 0. The van der Waals surface area contributed by atoms with Gasteiger partial charge in [0.15, 0.2) is 0 Å². The first kappa shape index (κ1) is 25.2. The van der Waals surface area contributed by atoms with Gasteiger partial charge in [-0.05, 0) is 24.3 Å². The van der Waals surface area contributed by atoms with Crippen molar-refractivity contribution < 1.29 is 89.4 Å². The van der Waals surface area contributed by atoms with Gasteiger partial charge in [0.1, 0.15) is 11.5 Å². The topological polar surface area (TPSA) is 113 Å². The number of carbonyl (C=O) groups is 1. The van der Waals surface area contributed by atoms with Gasteiger partial charge < -0.3 is 30.3 Å². The average Bonchev–Trinajstić information content (AvgIpc) is 2.42. The predicted octanol–water partition coefficient (Wildman–Crippen LogP) is -5.59. The Hall–Kier alpha value is -0.730. The van der Waals surface area contributed by atoms with Gasteiger partial charge in [-0.25, -0.2) is 0 Å². The first-order chi connectivity index (χ1) is 9.06. The van der Waals surface area contributed by atoms with E-state index in [9.17, 15) is 0 Å². The normalized spacial score (nSPS) is 7.29. The second-order valence-electron chi connectivity index (χ2n) is 3.00. The molecule has 0 heterocycles. The summed E-state index contributed by atoms with van der Waals surface area (Å²) in [5, 5.41) is 34.5. The van der Waals surface area contributed by atoms with Crippen molar-refractivity contribution in [3.63, 3.8) is 0 Å². The fraction of sp³-hybridized carbons (Fsp3) is 0. The Morgan fingerprint density at radius 2 is 1.05 bits per heavy atom. The second kappa shape index (κ2) is 17.3. The minimum absolute atomic E-state index is 0. The minimum Gasteiger partial charge on any atom is -0.755 e. The van der Waals surface area contributed by atoms with Crippen molar-refractivity contribution in [2.24, 2.45) is 0 Å². The zero-order valence-corrected chi connectivity index (χ0v) is 15.8. The quantitative estimate of drug-likeness (QED) is 0.285. The Kier molecular flexibility index (Phi) is 20.8. The largest absolute Gasteiger partial charge is 1.00 e. The molecule has 0 unspecified atom stereocenters. The number of rotatable bonds is 0. The molecule has 102 valence electrons. The summed E-state index contributed by atoms with van der Waals surface area (Å²) in [6, 6.07) is 17.4. The Morgan fingerprint density at radius 3 is 1.14 bits per heavy atom. The molecule has 0 fully saturated rings. The fourth-order valence-corrected chi connectivity index (χ4v) is 0.856. The molecule has 0 aliphatic heterocycles. The van der Waals surface area contributed by atoms with Crippen LogP contribution in [0.25, 0.3) is 0 Å². The number of benzene rings is 2. The maximum absolute atomic E-state index is 8.72. The summed E-state index contributed by atoms with van der Waals surface area (Å²) >= 11 is 0. The van der Waals surface area contributed by atoms with E-state index < -0.39 is 6.16 Å². The van der Waals surface area contributed by atoms with Crippen LogP contribution in [-0.2, 0) is 4.89 Å². The summed E-state index contributed by atoms with van der Waals surface area (Å²) in [5.74, 6) is 0.644. The van der Waals surface area contributed by atoms with Crippen LogP contribution in [0, 0.1) is 0 Å². The Balaban J connectivity index is -0.000000225. The van der Waals surface area contributed by atoms with E-state index in [0.29, 0.717) is 11.5 Å². The molecule has 0 radical (unpaired) electrons. The number of para-hydroxylation sites is 2. The molecule has 0 saturated heterocycles. The van der Waals surface area contributed by atoms with Gasteiger partial charge in [0.05, 0.1) is 0 Å². The van der Waals surface area contributed by atoms with Crippen LogP contribution >= 0.6 is 0 Å². The average molecular weight is 310 g/mol. The SMILES string of the molecule is O=C([O-])O[O-].Oc1ccccc1.Oc1ccccc1.[Na+].[Na+]. The Labute approximate surface area is 166 Å². The molecule has 0 bridgehead atoms. The van der Waals surface area contributed by atoms with Gasteiger partial charge >= 0.3 is 59.1 Å². The smallest absolute Gasteiger partial charge is 0.755 e. The summed E-state index contributed by atoms with van der Waals surface area (Å²) < 4.78 is 0. The maximum atomic E-state index is 8.72. The van der Waals surface area contributed by atoms with E-state index in [-0.39, 0.29) is 59.1 Å². The fourth-order valence-electron chi connectivity index (χ4n) is 0.856. The molecule has 0 aromatic heterocycles. The van der Waals surface area contributed by atoms with Crippen LogP contribution < -0.4 is 69.5 Å². The van der Waals surface area contributed by atoms with Crippen LogP contribution in [0.1, 0.15) is 0 Å². The number of carbonyl (C=O) groups excluding carboxylic acids is 1. The monoisotopic (exact) mass is 310 g/mol. The van der Waals surface area contributed by atoms with Crippen molar-refractivity contribution in [2.45, 2.75) is 0 Å². The number of hydrogen-bond donors (Lipinski definition) is 2. The zero-order valence-electron chi connectivity index (χ0n) is 11.8. The molecule has 8 heteroatoms. The zero-order chi connectivity index (χ0) is 14.5. The number of phenolic OH excluding ortho intramolecular Hbond substituents is 2. The molecule has 2 N–H and O–H groups in total. The molecule has 6 nitrogen and oxygen atoms in total. The summed E-state index contributed by atoms with van der Waals surface area (Å²) in [7, 11) is 0. The third kappa shape index (κ3) is 19.3. The van der Waals surface area contributed by atoms with Gasteiger partial charge in [-0.3, -0.25) is 0 Å². The second-order valence-corrected chi connectivity index (χ2v) is 3.00. The summed E-state index contributed by atoms with van der Waals surface area (Å²) in [6.45, 7) is 0. The third-order valence-corrected chi connectivity index (χ3v) is 1.58. The molecular weight excluding hydrogens is 298 g/mol. The third-order valence-electron chi connectivity index (χ3n) is 1.58. The van der Waals surface area contributed by atoms with Crippen LogP contribution in [0.2, 0.25) is 0 Å². The van der Waals surface area contributed by atoms with Crippen LogP contribution in [0.15, 0.2) is 60.7 Å². The molecule has 0 spiro atoms. The van der Waals surface area contributed by atoms with Crippen molar-refractivity contribution in [1.82, 2.24) is 0 Å². The Bertz CT molecular complexity index is 415. The van der Waals surface area contributed by atoms with Crippen molar-refractivity contribution in [3.8, 4) is 11.5 Å². The van der Waals surface area contributed by atoms with E-state index in [0.717, 1.165) is 0 Å². The molecule has 0 aliphatic rings. The molecular formula is C13H12Na2O6. The van der Waals surface area contributed by atoms with Gasteiger partial charge in [-0.1, -0.05) is 36.4 Å². The van der Waals surface area contributed by atoms with E-state index in [1.807, 2.05) is 12.1 Å². The van der Waals surface area contributed by atoms with Crippen molar-refractivity contribution in [1.29, 1.82) is 0 Å². The molecule has 0 amide bonds. The van der Waals surface area contributed by atoms with E-state index >= 15 is 0 Å². The minimum atomic E-state index is -2.05. The van der Waals surface area contributed by atoms with Crippen LogP contribution in [0.3, 0.4) is 0 Å². The van der Waals surface area contributed by atoms with Crippen molar-refractivity contribution in [3.05, 3.63) is 60.7 Å². The Morgan fingerprint density at radius 1 is 0.810 bits per heavy atom. The number of hydrogen-bond acceptors (Lipinski definition) is 6. The van der Waals surface area contributed by atoms with E-state index in [1.54, 1.807) is 48.5 Å². The number of carboxylic acid groups (broad SMARTS) is 1. The van der Waals surface area contributed by atoms with E-state index in [2.05, 4.69) is 4.89 Å². The van der Waals surface area contributed by atoms with Gasteiger partial charge in [-0.15, -0.1) is 0 Å². The first-order valence-corrected chi connectivity index (χ1v) is 5.05. The van der Waals surface area contributed by atoms with Gasteiger partial charge in [0, 0.05) is 0 Å². The molecule has 21 heavy (non-hydrogen) atoms. The molecule has 0 aliphatic carbocycles. The molecule has 2 aromatic carbocycles. The van der Waals surface area contributed by atoms with Crippen molar-refractivity contribution in [2.75, 3.05) is 0 Å². The summed E-state index contributed by atoms with van der Waals surface area (Å²) in [6.07, 6.45) is -2.05.